The zero-order chi connectivity index (χ0) is 46.2. The van der Waals surface area contributed by atoms with Crippen molar-refractivity contribution in [1.82, 2.24) is 0 Å². The van der Waals surface area contributed by atoms with Gasteiger partial charge in [0.1, 0.15) is 6.61 Å². The Morgan fingerprint density at radius 3 is 0.623 bits per heavy atom. The summed E-state index contributed by atoms with van der Waals surface area (Å²) in [5, 5.41) is 9.33. The molecule has 0 saturated carbocycles. The third-order valence-electron chi connectivity index (χ3n) is 8.63. The summed E-state index contributed by atoms with van der Waals surface area (Å²) in [7, 11) is 0. The fourth-order valence-electron chi connectivity index (χ4n) is 4.78. The predicted octanol–water partition coefficient (Wildman–Crippen LogP) is 5.36. The second-order valence-electron chi connectivity index (χ2n) is 16.6. The molecular formula is C45H88O16. The van der Waals surface area contributed by atoms with Gasteiger partial charge >= 0.3 is 5.97 Å². The first-order valence-corrected chi connectivity index (χ1v) is 22.3. The molecule has 0 saturated heterocycles. The minimum absolute atomic E-state index is 0.0867. The zero-order valence-corrected chi connectivity index (χ0v) is 40.3. The molecule has 0 bridgehead atoms. The van der Waals surface area contributed by atoms with Crippen molar-refractivity contribution in [2.24, 2.45) is 0 Å². The number of esters is 1. The first-order valence-electron chi connectivity index (χ1n) is 22.3. The molecule has 1 N–H and O–H groups in total. The molecule has 14 atom stereocenters. The van der Waals surface area contributed by atoms with E-state index in [9.17, 15) is 9.90 Å². The van der Waals surface area contributed by atoms with E-state index in [2.05, 4.69) is 6.58 Å². The quantitative estimate of drug-likeness (QED) is 0.0614. The molecule has 14 unspecified atom stereocenters. The van der Waals surface area contributed by atoms with Crippen LogP contribution in [-0.2, 0) is 71.1 Å². The number of hydrogen-bond acceptors (Lipinski definition) is 16. The standard InChI is InChI=1S/C45H88O16/c1-16-45(47)61-30-44(15)60-29-43(14)59-28-42(13)58-27-41(12)57-26-40(11)56-25-39(10)55-24-38(9)54-23-37(8)53-22-36(7)52-21-35(6)51-20-34(5)50-19-33(4)49-18-32(3)48-17-31(2)46/h16,31-44,46H,1,17-30H2,2-15H3. The Morgan fingerprint density at radius 1 is 0.328 bits per heavy atom. The van der Waals surface area contributed by atoms with Crippen molar-refractivity contribution in [3.05, 3.63) is 12.7 Å². The van der Waals surface area contributed by atoms with Crippen LogP contribution in [-0.4, -0.2) is 189 Å². The van der Waals surface area contributed by atoms with Gasteiger partial charge in [0.2, 0.25) is 0 Å². The van der Waals surface area contributed by atoms with Gasteiger partial charge in [-0.2, -0.15) is 0 Å². The van der Waals surface area contributed by atoms with Crippen LogP contribution in [0.2, 0.25) is 0 Å². The number of aliphatic hydroxyl groups excluding tert-OH is 1. The molecule has 61 heavy (non-hydrogen) atoms. The maximum atomic E-state index is 11.2. The van der Waals surface area contributed by atoms with Crippen molar-refractivity contribution >= 4 is 5.97 Å². The number of aliphatic hydroxyl groups is 1. The van der Waals surface area contributed by atoms with Crippen LogP contribution in [0.3, 0.4) is 0 Å². The number of ether oxygens (including phenoxy) is 14. The molecule has 0 aromatic heterocycles. The van der Waals surface area contributed by atoms with Gasteiger partial charge in [0.15, 0.2) is 0 Å². The van der Waals surface area contributed by atoms with Gasteiger partial charge in [-0.25, -0.2) is 4.79 Å². The molecule has 0 heterocycles. The number of rotatable bonds is 42. The van der Waals surface area contributed by atoms with E-state index in [4.69, 9.17) is 66.3 Å². The van der Waals surface area contributed by atoms with Gasteiger partial charge in [0.25, 0.3) is 0 Å². The Hall–Kier alpha value is -1.35. The van der Waals surface area contributed by atoms with E-state index in [0.29, 0.717) is 79.3 Å². The van der Waals surface area contributed by atoms with Crippen LogP contribution in [0.15, 0.2) is 12.7 Å². The van der Waals surface area contributed by atoms with Gasteiger partial charge in [-0.05, 0) is 96.9 Å². The lowest BCUT2D eigenvalue weighted by molar-refractivity contribution is -0.143. The lowest BCUT2D eigenvalue weighted by Crippen LogP contribution is -2.31. The molecule has 16 heteroatoms. The van der Waals surface area contributed by atoms with E-state index >= 15 is 0 Å². The van der Waals surface area contributed by atoms with E-state index in [0.717, 1.165) is 6.08 Å². The van der Waals surface area contributed by atoms with E-state index in [1.54, 1.807) is 6.92 Å². The summed E-state index contributed by atoms with van der Waals surface area (Å²) < 4.78 is 81.2. The largest absolute Gasteiger partial charge is 0.460 e. The SMILES string of the molecule is C=CC(=O)OCC(C)OCC(C)OCC(C)OCC(C)OCC(C)OCC(C)OCC(C)OCC(C)OCC(C)OCC(C)OCC(C)OCC(C)OCC(C)OCC(C)O. The average Bonchev–Trinajstić information content (AvgIpc) is 3.23. The van der Waals surface area contributed by atoms with Gasteiger partial charge in [-0.1, -0.05) is 6.58 Å². The summed E-state index contributed by atoms with van der Waals surface area (Å²) in [5.74, 6) is -0.471. The summed E-state index contributed by atoms with van der Waals surface area (Å²) in [6.45, 7) is 36.0. The lowest BCUT2D eigenvalue weighted by Gasteiger charge is -2.23. The predicted molar refractivity (Wildman–Crippen MR) is 233 cm³/mol. The topological polar surface area (TPSA) is 167 Å². The van der Waals surface area contributed by atoms with Crippen LogP contribution < -0.4 is 0 Å². The Kier molecular flexibility index (Phi) is 36.1. The molecule has 0 aliphatic carbocycles. The average molecular weight is 885 g/mol. The number of hydrogen-bond donors (Lipinski definition) is 1. The fraction of sp³-hybridized carbons (Fsp3) is 0.933. The van der Waals surface area contributed by atoms with Gasteiger partial charge in [-0.3, -0.25) is 0 Å². The van der Waals surface area contributed by atoms with Crippen LogP contribution >= 0.6 is 0 Å². The summed E-state index contributed by atoms with van der Waals surface area (Å²) in [6.07, 6.45) is -0.903. The molecule has 0 aromatic rings. The molecule has 16 nitrogen and oxygen atoms in total. The van der Waals surface area contributed by atoms with Crippen LogP contribution in [0.1, 0.15) is 96.9 Å². The molecule has 0 spiro atoms. The van der Waals surface area contributed by atoms with Crippen molar-refractivity contribution < 1.29 is 76.2 Å². The molecule has 364 valence electrons. The Balaban J connectivity index is 3.98. The highest BCUT2D eigenvalue weighted by Gasteiger charge is 2.17. The third-order valence-corrected chi connectivity index (χ3v) is 8.63. The van der Waals surface area contributed by atoms with Crippen LogP contribution in [0.4, 0.5) is 0 Å². The van der Waals surface area contributed by atoms with E-state index in [1.165, 1.54) is 0 Å². The number of carbonyl (C=O) groups excluding carboxylic acids is 1. The maximum absolute atomic E-state index is 11.2. The summed E-state index contributed by atoms with van der Waals surface area (Å²) in [6, 6.07) is 0. The van der Waals surface area contributed by atoms with Gasteiger partial charge < -0.3 is 71.4 Å². The molecule has 0 fully saturated rings. The second-order valence-corrected chi connectivity index (χ2v) is 16.6. The van der Waals surface area contributed by atoms with Gasteiger partial charge in [0, 0.05) is 6.08 Å². The molecule has 0 aromatic carbocycles. The monoisotopic (exact) mass is 885 g/mol. The van der Waals surface area contributed by atoms with Crippen LogP contribution in [0, 0.1) is 0 Å². The summed E-state index contributed by atoms with van der Waals surface area (Å²) in [5.41, 5.74) is 0. The Bertz CT molecular complexity index is 1040. The van der Waals surface area contributed by atoms with E-state index in [1.807, 2.05) is 90.0 Å². The van der Waals surface area contributed by atoms with E-state index < -0.39 is 12.1 Å². The molecule has 0 aliphatic heterocycles. The zero-order valence-electron chi connectivity index (χ0n) is 40.3. The van der Waals surface area contributed by atoms with Crippen molar-refractivity contribution in [2.75, 3.05) is 92.5 Å². The highest BCUT2D eigenvalue weighted by atomic mass is 16.6. The summed E-state index contributed by atoms with van der Waals surface area (Å²) in [4.78, 5) is 11.2. The molecule has 0 aliphatic rings. The molecule has 0 rings (SSSR count). The Labute approximate surface area is 369 Å². The van der Waals surface area contributed by atoms with Gasteiger partial charge in [-0.15, -0.1) is 0 Å². The third kappa shape index (κ3) is 37.7. The Morgan fingerprint density at radius 2 is 0.475 bits per heavy atom. The normalized spacial score (nSPS) is 19.1. The van der Waals surface area contributed by atoms with Crippen LogP contribution in [0.25, 0.3) is 0 Å². The highest BCUT2D eigenvalue weighted by Crippen LogP contribution is 2.08. The lowest BCUT2D eigenvalue weighted by atomic mass is 10.3. The van der Waals surface area contributed by atoms with Crippen molar-refractivity contribution in [2.45, 2.75) is 182 Å². The number of carbonyl (C=O) groups is 1. The minimum Gasteiger partial charge on any atom is -0.460 e. The van der Waals surface area contributed by atoms with Gasteiger partial charge in [0.05, 0.1) is 171 Å². The maximum Gasteiger partial charge on any atom is 0.330 e. The minimum atomic E-state index is -0.494. The molecule has 0 amide bonds. The summed E-state index contributed by atoms with van der Waals surface area (Å²) >= 11 is 0. The molecular weight excluding hydrogens is 796 g/mol. The smallest absolute Gasteiger partial charge is 0.330 e. The van der Waals surface area contributed by atoms with Crippen LogP contribution in [0.5, 0.6) is 0 Å². The highest BCUT2D eigenvalue weighted by molar-refractivity contribution is 5.81. The van der Waals surface area contributed by atoms with Crippen molar-refractivity contribution in [3.8, 4) is 0 Å². The first-order chi connectivity index (χ1) is 28.8. The fourth-order valence-corrected chi connectivity index (χ4v) is 4.78. The molecule has 0 radical (unpaired) electrons. The first kappa shape index (κ1) is 59.6. The van der Waals surface area contributed by atoms with Crippen molar-refractivity contribution in [1.29, 1.82) is 0 Å². The van der Waals surface area contributed by atoms with E-state index in [-0.39, 0.29) is 92.6 Å². The second kappa shape index (κ2) is 36.9. The van der Waals surface area contributed by atoms with Crippen molar-refractivity contribution in [3.63, 3.8) is 0 Å².